The lowest BCUT2D eigenvalue weighted by atomic mass is 10.0. The monoisotopic (exact) mass is 376 g/mol. The molecule has 0 bridgehead atoms. The minimum Gasteiger partial charge on any atom is -0.468 e. The molecule has 0 saturated heterocycles. The first-order valence-electron chi connectivity index (χ1n) is 9.65. The fourth-order valence-electron chi connectivity index (χ4n) is 2.70. The molecule has 0 aliphatic carbocycles. The Hall–Kier alpha value is -2.37. The van der Waals surface area contributed by atoms with E-state index < -0.39 is 5.97 Å². The smallest absolute Gasteiger partial charge is 0.325 e. The van der Waals surface area contributed by atoms with Gasteiger partial charge in [0.05, 0.1) is 7.11 Å². The number of rotatable bonds is 12. The number of nitrogens with one attached hydrogen (secondary N) is 1. The van der Waals surface area contributed by atoms with Crippen molar-refractivity contribution in [3.8, 4) is 0 Å². The summed E-state index contributed by atoms with van der Waals surface area (Å²) in [6.45, 7) is 2.62. The highest BCUT2D eigenvalue weighted by molar-refractivity contribution is 5.96. The zero-order valence-electron chi connectivity index (χ0n) is 16.8. The molecule has 0 atom stereocenters. The van der Waals surface area contributed by atoms with Crippen LogP contribution in [0.4, 0.5) is 0 Å². The Labute approximate surface area is 162 Å². The fourth-order valence-corrected chi connectivity index (χ4v) is 2.70. The average molecular weight is 376 g/mol. The van der Waals surface area contributed by atoms with Gasteiger partial charge in [-0.05, 0) is 43.9 Å². The third kappa shape index (κ3) is 9.22. The summed E-state index contributed by atoms with van der Waals surface area (Å²) in [4.78, 5) is 36.6. The van der Waals surface area contributed by atoms with Crippen molar-refractivity contribution in [3.05, 3.63) is 35.4 Å². The van der Waals surface area contributed by atoms with Gasteiger partial charge in [0.2, 0.25) is 5.91 Å². The summed E-state index contributed by atoms with van der Waals surface area (Å²) in [5, 5.41) is 2.54. The van der Waals surface area contributed by atoms with Gasteiger partial charge in [-0.3, -0.25) is 14.4 Å². The summed E-state index contributed by atoms with van der Waals surface area (Å²) in [5.41, 5.74) is 1.66. The van der Waals surface area contributed by atoms with E-state index in [2.05, 4.69) is 10.1 Å². The number of amides is 2. The van der Waals surface area contributed by atoms with Crippen LogP contribution in [0.1, 0.15) is 61.4 Å². The van der Waals surface area contributed by atoms with E-state index in [1.807, 2.05) is 32.2 Å². The molecule has 0 fully saturated rings. The lowest BCUT2D eigenvalue weighted by Crippen LogP contribution is -2.30. The Morgan fingerprint density at radius 3 is 2.48 bits per heavy atom. The van der Waals surface area contributed by atoms with E-state index in [-0.39, 0.29) is 18.4 Å². The van der Waals surface area contributed by atoms with E-state index in [9.17, 15) is 14.4 Å². The minimum absolute atomic E-state index is 0.129. The predicted molar refractivity (Wildman–Crippen MR) is 106 cm³/mol. The number of hydrogen-bond acceptors (Lipinski definition) is 4. The van der Waals surface area contributed by atoms with E-state index in [0.717, 1.165) is 50.6 Å². The molecule has 6 heteroatoms. The van der Waals surface area contributed by atoms with Crippen molar-refractivity contribution in [2.24, 2.45) is 0 Å². The zero-order chi connectivity index (χ0) is 20.1. The molecule has 0 saturated carbocycles. The molecule has 2 amide bonds. The van der Waals surface area contributed by atoms with Gasteiger partial charge >= 0.3 is 5.97 Å². The Bertz CT molecular complexity index is 616. The van der Waals surface area contributed by atoms with Gasteiger partial charge in [-0.1, -0.05) is 31.4 Å². The number of esters is 1. The Kier molecular flexibility index (Phi) is 10.8. The number of aryl methyl sites for hydroxylation is 1. The van der Waals surface area contributed by atoms with Gasteiger partial charge in [0, 0.05) is 25.6 Å². The average Bonchev–Trinajstić information content (AvgIpc) is 2.70. The van der Waals surface area contributed by atoms with Crippen molar-refractivity contribution < 1.29 is 19.1 Å². The number of unbranched alkanes of at least 4 members (excludes halogenated alkanes) is 4. The van der Waals surface area contributed by atoms with Crippen molar-refractivity contribution in [1.82, 2.24) is 10.2 Å². The molecule has 0 aliphatic rings. The maximum Gasteiger partial charge on any atom is 0.325 e. The number of hydrogen-bond donors (Lipinski definition) is 1. The predicted octanol–water partition coefficient (Wildman–Crippen LogP) is 2.95. The highest BCUT2D eigenvalue weighted by Crippen LogP contribution is 2.12. The number of carbonyl (C=O) groups is 3. The van der Waals surface area contributed by atoms with Crippen LogP contribution in [0.5, 0.6) is 0 Å². The van der Waals surface area contributed by atoms with Crippen LogP contribution in [0.3, 0.4) is 0 Å². The first-order chi connectivity index (χ1) is 13.0. The van der Waals surface area contributed by atoms with Crippen molar-refractivity contribution in [3.63, 3.8) is 0 Å². The first kappa shape index (κ1) is 22.7. The molecule has 6 nitrogen and oxygen atoms in total. The zero-order valence-corrected chi connectivity index (χ0v) is 16.8. The largest absolute Gasteiger partial charge is 0.468 e. The SMILES string of the molecule is CCN(C)C(=O)CCCCCCCc1cccc(C(=O)NCC(=O)OC)c1. The molecule has 0 spiro atoms. The highest BCUT2D eigenvalue weighted by Gasteiger charge is 2.09. The normalized spacial score (nSPS) is 10.3. The van der Waals surface area contributed by atoms with Gasteiger partial charge in [0.1, 0.15) is 6.54 Å². The summed E-state index contributed by atoms with van der Waals surface area (Å²) < 4.78 is 4.51. The van der Waals surface area contributed by atoms with Gasteiger partial charge in [0.25, 0.3) is 5.91 Å². The molecule has 1 aromatic rings. The molecular weight excluding hydrogens is 344 g/mol. The Morgan fingerprint density at radius 2 is 1.78 bits per heavy atom. The van der Waals surface area contributed by atoms with Crippen LogP contribution < -0.4 is 5.32 Å². The summed E-state index contributed by atoms with van der Waals surface area (Å²) in [7, 11) is 3.13. The molecule has 1 rings (SSSR count). The van der Waals surface area contributed by atoms with E-state index in [0.29, 0.717) is 12.0 Å². The van der Waals surface area contributed by atoms with Crippen molar-refractivity contribution in [2.75, 3.05) is 27.2 Å². The third-order valence-corrected chi connectivity index (χ3v) is 4.57. The maximum atomic E-state index is 12.0. The Morgan fingerprint density at radius 1 is 1.07 bits per heavy atom. The van der Waals surface area contributed by atoms with E-state index in [4.69, 9.17) is 0 Å². The number of ether oxygens (including phenoxy) is 1. The van der Waals surface area contributed by atoms with Crippen LogP contribution in [0.25, 0.3) is 0 Å². The second kappa shape index (κ2) is 12.9. The van der Waals surface area contributed by atoms with Crippen molar-refractivity contribution >= 4 is 17.8 Å². The van der Waals surface area contributed by atoms with Gasteiger partial charge in [0.15, 0.2) is 0 Å². The van der Waals surface area contributed by atoms with Crippen molar-refractivity contribution in [2.45, 2.75) is 51.9 Å². The van der Waals surface area contributed by atoms with Crippen LogP contribution in [-0.2, 0) is 20.7 Å². The number of carbonyl (C=O) groups excluding carboxylic acids is 3. The molecule has 1 aromatic carbocycles. The quantitative estimate of drug-likeness (QED) is 0.449. The minimum atomic E-state index is -0.470. The highest BCUT2D eigenvalue weighted by atomic mass is 16.5. The summed E-state index contributed by atoms with van der Waals surface area (Å²) in [6.07, 6.45) is 6.83. The Balaban J connectivity index is 2.24. The maximum absolute atomic E-state index is 12.0. The molecule has 1 N–H and O–H groups in total. The van der Waals surface area contributed by atoms with Gasteiger partial charge in [-0.25, -0.2) is 0 Å². The second-order valence-corrected chi connectivity index (χ2v) is 6.63. The van der Waals surface area contributed by atoms with E-state index in [1.54, 1.807) is 11.0 Å². The lowest BCUT2D eigenvalue weighted by molar-refractivity contribution is -0.139. The second-order valence-electron chi connectivity index (χ2n) is 6.63. The van der Waals surface area contributed by atoms with Gasteiger partial charge in [-0.15, -0.1) is 0 Å². The summed E-state index contributed by atoms with van der Waals surface area (Å²) in [6, 6.07) is 7.47. The van der Waals surface area contributed by atoms with Crippen LogP contribution in [-0.4, -0.2) is 49.9 Å². The van der Waals surface area contributed by atoms with E-state index in [1.165, 1.54) is 7.11 Å². The first-order valence-corrected chi connectivity index (χ1v) is 9.65. The third-order valence-electron chi connectivity index (χ3n) is 4.57. The van der Waals surface area contributed by atoms with Crippen LogP contribution >= 0.6 is 0 Å². The molecule has 27 heavy (non-hydrogen) atoms. The molecular formula is C21H32N2O4. The number of benzene rings is 1. The molecule has 0 heterocycles. The van der Waals surface area contributed by atoms with Crippen LogP contribution in [0.15, 0.2) is 24.3 Å². The fraction of sp³-hybridized carbons (Fsp3) is 0.571. The standard InChI is InChI=1S/C21H32N2O4/c1-4-23(2)19(24)14-9-7-5-6-8-11-17-12-10-13-18(15-17)21(26)22-16-20(25)27-3/h10,12-13,15H,4-9,11,14,16H2,1-3H3,(H,22,26). The topological polar surface area (TPSA) is 75.7 Å². The summed E-state index contributed by atoms with van der Waals surface area (Å²) in [5.74, 6) is -0.522. The number of methoxy groups -OCH3 is 1. The van der Waals surface area contributed by atoms with Crippen molar-refractivity contribution in [1.29, 1.82) is 0 Å². The molecule has 0 radical (unpaired) electrons. The van der Waals surface area contributed by atoms with Gasteiger partial charge in [-0.2, -0.15) is 0 Å². The molecule has 150 valence electrons. The number of nitrogens with zero attached hydrogens (tertiary/aromatic N) is 1. The molecule has 0 unspecified atom stereocenters. The van der Waals surface area contributed by atoms with E-state index >= 15 is 0 Å². The molecule has 0 aromatic heterocycles. The van der Waals surface area contributed by atoms with Crippen LogP contribution in [0, 0.1) is 0 Å². The van der Waals surface area contributed by atoms with Crippen LogP contribution in [0.2, 0.25) is 0 Å². The lowest BCUT2D eigenvalue weighted by Gasteiger charge is -2.13. The molecule has 0 aliphatic heterocycles. The van der Waals surface area contributed by atoms with Gasteiger partial charge < -0.3 is 15.0 Å². The summed E-state index contributed by atoms with van der Waals surface area (Å²) >= 11 is 0.